The molecule has 1 N–H and O–H groups in total. The summed E-state index contributed by atoms with van der Waals surface area (Å²) in [6.07, 6.45) is 3.64. The van der Waals surface area contributed by atoms with E-state index in [1.54, 1.807) is 18.2 Å². The average molecular weight is 316 g/mol. The third-order valence-corrected chi connectivity index (χ3v) is 4.63. The lowest BCUT2D eigenvalue weighted by Gasteiger charge is -2.28. The van der Waals surface area contributed by atoms with Gasteiger partial charge in [0.15, 0.2) is 11.5 Å². The second-order valence-electron chi connectivity index (χ2n) is 6.36. The molecule has 1 aliphatic carbocycles. The van der Waals surface area contributed by atoms with Crippen LogP contribution in [-0.2, 0) is 4.79 Å². The summed E-state index contributed by atoms with van der Waals surface area (Å²) in [5.41, 5.74) is 0.485. The molecular weight excluding hydrogens is 296 g/mol. The van der Waals surface area contributed by atoms with Crippen LogP contribution in [0.2, 0.25) is 0 Å². The van der Waals surface area contributed by atoms with E-state index in [0.717, 1.165) is 32.2 Å². The molecule has 23 heavy (non-hydrogen) atoms. The highest BCUT2D eigenvalue weighted by Crippen LogP contribution is 2.35. The highest BCUT2D eigenvalue weighted by Gasteiger charge is 2.40. The molecule has 0 radical (unpaired) electrons. The van der Waals surface area contributed by atoms with E-state index in [2.05, 4.69) is 5.32 Å². The predicted molar refractivity (Wildman–Crippen MR) is 82.4 cm³/mol. The summed E-state index contributed by atoms with van der Waals surface area (Å²) >= 11 is 0. The monoisotopic (exact) mass is 316 g/mol. The summed E-state index contributed by atoms with van der Waals surface area (Å²) in [7, 11) is 0. The van der Waals surface area contributed by atoms with Crippen LogP contribution in [-0.4, -0.2) is 42.6 Å². The molecular formula is C17H20N2O4. The first kappa shape index (κ1) is 14.5. The van der Waals surface area contributed by atoms with E-state index in [0.29, 0.717) is 23.6 Å². The predicted octanol–water partition coefficient (Wildman–Crippen LogP) is 1.55. The molecule has 6 heteroatoms. The molecule has 0 aromatic heterocycles. The van der Waals surface area contributed by atoms with E-state index in [-0.39, 0.29) is 30.6 Å². The van der Waals surface area contributed by atoms with E-state index >= 15 is 0 Å². The number of amides is 2. The zero-order chi connectivity index (χ0) is 15.8. The zero-order valence-corrected chi connectivity index (χ0v) is 12.9. The number of fused-ring (bicyclic) bond motifs is 1. The molecule has 1 aromatic carbocycles. The molecule has 1 aromatic rings. The normalized spacial score (nSPS) is 22.7. The molecule has 1 unspecified atom stereocenters. The number of piperidine rings is 1. The molecule has 2 heterocycles. The van der Waals surface area contributed by atoms with Gasteiger partial charge < -0.3 is 14.8 Å². The van der Waals surface area contributed by atoms with Crippen LogP contribution >= 0.6 is 0 Å². The summed E-state index contributed by atoms with van der Waals surface area (Å²) in [6.45, 7) is 1.78. The van der Waals surface area contributed by atoms with E-state index < -0.39 is 0 Å². The van der Waals surface area contributed by atoms with E-state index in [1.807, 2.05) is 0 Å². The topological polar surface area (TPSA) is 67.9 Å². The van der Waals surface area contributed by atoms with Crippen molar-refractivity contribution in [3.05, 3.63) is 23.8 Å². The average Bonchev–Trinajstić information content (AvgIpc) is 3.31. The first-order chi connectivity index (χ1) is 11.2. The second-order valence-corrected chi connectivity index (χ2v) is 6.36. The van der Waals surface area contributed by atoms with Gasteiger partial charge in [0.05, 0.1) is 5.92 Å². The Balaban J connectivity index is 1.57. The summed E-state index contributed by atoms with van der Waals surface area (Å²) in [5.74, 6) is 0.853. The number of imide groups is 1. The molecule has 2 amide bonds. The third kappa shape index (κ3) is 2.79. The number of nitrogens with one attached hydrogen (secondary N) is 1. The van der Waals surface area contributed by atoms with Crippen LogP contribution < -0.4 is 14.8 Å². The highest BCUT2D eigenvalue weighted by molar-refractivity contribution is 6.06. The minimum Gasteiger partial charge on any atom is -0.454 e. The SMILES string of the molecule is O=C(c1ccc2c(c1)OCO2)N(C(=O)C1CCCNC1)C1CC1. The number of carbonyl (C=O) groups excluding carboxylic acids is 2. The van der Waals surface area contributed by atoms with Gasteiger partial charge in [-0.2, -0.15) is 0 Å². The standard InChI is InChI=1S/C17H20N2O4/c20-16(11-3-6-14-15(8-11)23-10-22-14)19(13-4-5-13)17(21)12-2-1-7-18-9-12/h3,6,8,12-13,18H,1-2,4-5,7,9-10H2. The van der Waals surface area contributed by atoms with Gasteiger partial charge in [0.25, 0.3) is 5.91 Å². The van der Waals surface area contributed by atoms with E-state index in [4.69, 9.17) is 9.47 Å². The van der Waals surface area contributed by atoms with Crippen molar-refractivity contribution in [1.29, 1.82) is 0 Å². The van der Waals surface area contributed by atoms with Crippen molar-refractivity contribution in [2.45, 2.75) is 31.7 Å². The van der Waals surface area contributed by atoms with Gasteiger partial charge in [0.2, 0.25) is 12.7 Å². The molecule has 1 saturated carbocycles. The van der Waals surface area contributed by atoms with Crippen molar-refractivity contribution in [1.82, 2.24) is 10.2 Å². The lowest BCUT2D eigenvalue weighted by atomic mass is 9.97. The van der Waals surface area contributed by atoms with Crippen LogP contribution in [0.5, 0.6) is 11.5 Å². The molecule has 122 valence electrons. The third-order valence-electron chi connectivity index (χ3n) is 4.63. The number of carbonyl (C=O) groups is 2. The number of nitrogens with zero attached hydrogens (tertiary/aromatic N) is 1. The molecule has 0 bridgehead atoms. The lowest BCUT2D eigenvalue weighted by Crippen LogP contribution is -2.46. The fraction of sp³-hybridized carbons (Fsp3) is 0.529. The minimum atomic E-state index is -0.221. The van der Waals surface area contributed by atoms with E-state index in [1.165, 1.54) is 4.90 Å². The Labute approximate surface area is 134 Å². The van der Waals surface area contributed by atoms with Gasteiger partial charge in [0, 0.05) is 18.2 Å². The van der Waals surface area contributed by atoms with Gasteiger partial charge in [-0.1, -0.05) is 0 Å². The molecule has 4 rings (SSSR count). The highest BCUT2D eigenvalue weighted by atomic mass is 16.7. The maximum Gasteiger partial charge on any atom is 0.260 e. The first-order valence-corrected chi connectivity index (χ1v) is 8.22. The Kier molecular flexibility index (Phi) is 3.69. The number of ether oxygens (including phenoxy) is 2. The number of hydrogen-bond acceptors (Lipinski definition) is 5. The number of rotatable bonds is 3. The number of benzene rings is 1. The maximum absolute atomic E-state index is 12.9. The van der Waals surface area contributed by atoms with Crippen molar-refractivity contribution in [2.24, 2.45) is 5.92 Å². The van der Waals surface area contributed by atoms with Gasteiger partial charge in [-0.15, -0.1) is 0 Å². The van der Waals surface area contributed by atoms with Crippen LogP contribution in [0.15, 0.2) is 18.2 Å². The Morgan fingerprint density at radius 2 is 1.96 bits per heavy atom. The molecule has 0 spiro atoms. The molecule has 1 saturated heterocycles. The van der Waals surface area contributed by atoms with Crippen LogP contribution in [0.4, 0.5) is 0 Å². The molecule has 2 fully saturated rings. The van der Waals surface area contributed by atoms with Crippen molar-refractivity contribution >= 4 is 11.8 Å². The van der Waals surface area contributed by atoms with Crippen molar-refractivity contribution in [3.63, 3.8) is 0 Å². The molecule has 3 aliphatic rings. The zero-order valence-electron chi connectivity index (χ0n) is 12.9. The van der Waals surface area contributed by atoms with Gasteiger partial charge in [-0.25, -0.2) is 0 Å². The van der Waals surface area contributed by atoms with Gasteiger partial charge in [-0.05, 0) is 50.4 Å². The fourth-order valence-electron chi connectivity index (χ4n) is 3.21. The van der Waals surface area contributed by atoms with Crippen molar-refractivity contribution in [2.75, 3.05) is 19.9 Å². The molecule has 2 aliphatic heterocycles. The van der Waals surface area contributed by atoms with Crippen LogP contribution in [0.1, 0.15) is 36.0 Å². The quantitative estimate of drug-likeness (QED) is 0.857. The van der Waals surface area contributed by atoms with Gasteiger partial charge in [0.1, 0.15) is 0 Å². The summed E-state index contributed by atoms with van der Waals surface area (Å²) in [5, 5.41) is 3.25. The largest absolute Gasteiger partial charge is 0.454 e. The second kappa shape index (κ2) is 5.85. The smallest absolute Gasteiger partial charge is 0.260 e. The molecule has 1 atom stereocenters. The summed E-state index contributed by atoms with van der Waals surface area (Å²) in [4.78, 5) is 27.2. The first-order valence-electron chi connectivity index (χ1n) is 8.22. The Bertz CT molecular complexity index is 635. The van der Waals surface area contributed by atoms with Gasteiger partial charge >= 0.3 is 0 Å². The Morgan fingerprint density at radius 1 is 1.13 bits per heavy atom. The van der Waals surface area contributed by atoms with Crippen LogP contribution in [0, 0.1) is 5.92 Å². The van der Waals surface area contributed by atoms with Gasteiger partial charge in [-0.3, -0.25) is 14.5 Å². The van der Waals surface area contributed by atoms with E-state index in [9.17, 15) is 9.59 Å². The minimum absolute atomic E-state index is 0.0395. The number of hydrogen-bond donors (Lipinski definition) is 1. The fourth-order valence-corrected chi connectivity index (χ4v) is 3.21. The molecule has 6 nitrogen and oxygen atoms in total. The summed E-state index contributed by atoms with van der Waals surface area (Å²) in [6, 6.07) is 5.17. The summed E-state index contributed by atoms with van der Waals surface area (Å²) < 4.78 is 10.6. The Morgan fingerprint density at radius 3 is 2.70 bits per heavy atom. The van der Waals surface area contributed by atoms with Crippen molar-refractivity contribution in [3.8, 4) is 11.5 Å². The van der Waals surface area contributed by atoms with Crippen LogP contribution in [0.25, 0.3) is 0 Å². The maximum atomic E-state index is 12.9. The Hall–Kier alpha value is -2.08. The lowest BCUT2D eigenvalue weighted by molar-refractivity contribution is -0.133. The van der Waals surface area contributed by atoms with Crippen LogP contribution in [0.3, 0.4) is 0 Å². The van der Waals surface area contributed by atoms with Crippen molar-refractivity contribution < 1.29 is 19.1 Å².